The number of aliphatic hydroxyl groups is 2. The Bertz CT molecular complexity index is 994. The first-order valence-corrected chi connectivity index (χ1v) is 11.3. The molecule has 2 aromatic rings. The van der Waals surface area contributed by atoms with Gasteiger partial charge in [-0.05, 0) is 74.9 Å². The molecule has 0 amide bonds. The van der Waals surface area contributed by atoms with Crippen molar-refractivity contribution in [1.29, 1.82) is 0 Å². The van der Waals surface area contributed by atoms with Crippen LogP contribution in [0.3, 0.4) is 0 Å². The standard InChI is InChI=1S/C27H34O5/c1-18-8-10-20(24(28)26(3,4)30)14-22(18)16-32-17-23-15-21(11-9-19(23)2)25(29)27(31)12-6-5-7-13-27/h8-11,14-15,30-31H,5-7,12-13,16-17H2,1-4H3. The van der Waals surface area contributed by atoms with Crippen molar-refractivity contribution in [3.63, 3.8) is 0 Å². The highest BCUT2D eigenvalue weighted by Crippen LogP contribution is 2.31. The number of ketones is 2. The molecule has 2 N–H and O–H groups in total. The summed E-state index contributed by atoms with van der Waals surface area (Å²) in [7, 11) is 0. The van der Waals surface area contributed by atoms with E-state index in [0.717, 1.165) is 41.5 Å². The molecule has 3 rings (SSSR count). The molecule has 5 nitrogen and oxygen atoms in total. The highest BCUT2D eigenvalue weighted by atomic mass is 16.5. The number of ether oxygens (including phenoxy) is 1. The maximum Gasteiger partial charge on any atom is 0.194 e. The maximum atomic E-state index is 13.0. The van der Waals surface area contributed by atoms with Gasteiger partial charge in [0.05, 0.1) is 13.2 Å². The van der Waals surface area contributed by atoms with Gasteiger partial charge in [-0.3, -0.25) is 9.59 Å². The van der Waals surface area contributed by atoms with E-state index in [1.165, 1.54) is 13.8 Å². The van der Waals surface area contributed by atoms with Crippen LogP contribution in [0.5, 0.6) is 0 Å². The average Bonchev–Trinajstić information content (AvgIpc) is 2.75. The van der Waals surface area contributed by atoms with Crippen LogP contribution < -0.4 is 0 Å². The van der Waals surface area contributed by atoms with Crippen LogP contribution in [0.4, 0.5) is 0 Å². The lowest BCUT2D eigenvalue weighted by Gasteiger charge is -2.30. The number of benzene rings is 2. The summed E-state index contributed by atoms with van der Waals surface area (Å²) in [5.74, 6) is -0.534. The van der Waals surface area contributed by atoms with Crippen molar-refractivity contribution in [2.24, 2.45) is 0 Å². The molecule has 0 heterocycles. The van der Waals surface area contributed by atoms with Gasteiger partial charge in [0.1, 0.15) is 11.2 Å². The highest BCUT2D eigenvalue weighted by Gasteiger charge is 2.37. The Morgan fingerprint density at radius 2 is 1.41 bits per heavy atom. The summed E-state index contributed by atoms with van der Waals surface area (Å²) in [6.45, 7) is 7.50. The van der Waals surface area contributed by atoms with Gasteiger partial charge in [0.25, 0.3) is 0 Å². The number of hydrogen-bond donors (Lipinski definition) is 2. The van der Waals surface area contributed by atoms with E-state index in [1.54, 1.807) is 18.2 Å². The van der Waals surface area contributed by atoms with Gasteiger partial charge in [-0.25, -0.2) is 0 Å². The molecule has 5 heteroatoms. The molecule has 1 fully saturated rings. The Labute approximate surface area is 190 Å². The molecule has 0 aromatic heterocycles. The normalized spacial score (nSPS) is 16.1. The average molecular weight is 439 g/mol. The fourth-order valence-corrected chi connectivity index (χ4v) is 4.19. The van der Waals surface area contributed by atoms with Crippen molar-refractivity contribution < 1.29 is 24.5 Å². The van der Waals surface area contributed by atoms with Crippen LogP contribution in [0, 0.1) is 13.8 Å². The first-order valence-electron chi connectivity index (χ1n) is 11.3. The molecule has 172 valence electrons. The van der Waals surface area contributed by atoms with Crippen LogP contribution in [0.2, 0.25) is 0 Å². The van der Waals surface area contributed by atoms with Crippen LogP contribution in [0.25, 0.3) is 0 Å². The molecule has 32 heavy (non-hydrogen) atoms. The molecule has 0 spiro atoms. The molecule has 0 aliphatic heterocycles. The van der Waals surface area contributed by atoms with Gasteiger partial charge in [-0.15, -0.1) is 0 Å². The van der Waals surface area contributed by atoms with Gasteiger partial charge in [0.15, 0.2) is 11.6 Å². The van der Waals surface area contributed by atoms with Gasteiger partial charge in [0.2, 0.25) is 0 Å². The zero-order valence-corrected chi connectivity index (χ0v) is 19.5. The van der Waals surface area contributed by atoms with E-state index in [2.05, 4.69) is 0 Å². The highest BCUT2D eigenvalue weighted by molar-refractivity contribution is 6.02. The molecule has 0 saturated heterocycles. The summed E-state index contributed by atoms with van der Waals surface area (Å²) in [5, 5.41) is 20.8. The second-order valence-corrected chi connectivity index (χ2v) is 9.58. The van der Waals surface area contributed by atoms with Crippen molar-refractivity contribution in [3.8, 4) is 0 Å². The van der Waals surface area contributed by atoms with Crippen molar-refractivity contribution in [2.75, 3.05) is 0 Å². The summed E-state index contributed by atoms with van der Waals surface area (Å²) in [6.07, 6.45) is 3.84. The van der Waals surface area contributed by atoms with E-state index in [9.17, 15) is 19.8 Å². The van der Waals surface area contributed by atoms with Crippen molar-refractivity contribution >= 4 is 11.6 Å². The summed E-state index contributed by atoms with van der Waals surface area (Å²) >= 11 is 0. The van der Waals surface area contributed by atoms with Crippen molar-refractivity contribution in [3.05, 3.63) is 69.8 Å². The number of aryl methyl sites for hydroxylation is 2. The Morgan fingerprint density at radius 3 is 1.94 bits per heavy atom. The Balaban J connectivity index is 1.71. The van der Waals surface area contributed by atoms with Crippen LogP contribution in [-0.2, 0) is 18.0 Å². The van der Waals surface area contributed by atoms with Crippen molar-refractivity contribution in [1.82, 2.24) is 0 Å². The lowest BCUT2D eigenvalue weighted by Crippen LogP contribution is -2.40. The smallest absolute Gasteiger partial charge is 0.194 e. The lowest BCUT2D eigenvalue weighted by molar-refractivity contribution is 0.0116. The largest absolute Gasteiger partial charge is 0.382 e. The predicted molar refractivity (Wildman–Crippen MR) is 124 cm³/mol. The van der Waals surface area contributed by atoms with Gasteiger partial charge in [-0.2, -0.15) is 0 Å². The third-order valence-electron chi connectivity index (χ3n) is 6.40. The third-order valence-corrected chi connectivity index (χ3v) is 6.40. The van der Waals surface area contributed by atoms with Crippen LogP contribution in [-0.4, -0.2) is 33.0 Å². The second kappa shape index (κ2) is 9.65. The summed E-state index contributed by atoms with van der Waals surface area (Å²) in [4.78, 5) is 25.3. The molecule has 0 bridgehead atoms. The fraction of sp³-hybridized carbons (Fsp3) is 0.481. The van der Waals surface area contributed by atoms with E-state index in [4.69, 9.17) is 4.74 Å². The van der Waals surface area contributed by atoms with Gasteiger partial charge < -0.3 is 14.9 Å². The number of carbonyl (C=O) groups is 2. The maximum absolute atomic E-state index is 13.0. The number of rotatable bonds is 8. The molecule has 1 aliphatic rings. The Kier molecular flexibility index (Phi) is 7.33. The lowest BCUT2D eigenvalue weighted by atomic mass is 9.79. The first kappa shape index (κ1) is 24.3. The van der Waals surface area contributed by atoms with E-state index in [0.29, 0.717) is 37.2 Å². The van der Waals surface area contributed by atoms with E-state index in [1.807, 2.05) is 32.0 Å². The number of Topliss-reactive ketones (excluding diaryl/α,β-unsaturated/α-hetero) is 2. The fourth-order valence-electron chi connectivity index (χ4n) is 4.19. The molecular formula is C27H34O5. The summed E-state index contributed by atoms with van der Waals surface area (Å²) in [6, 6.07) is 10.8. The zero-order valence-electron chi connectivity index (χ0n) is 19.5. The molecule has 2 aromatic carbocycles. The molecule has 1 aliphatic carbocycles. The van der Waals surface area contributed by atoms with Crippen LogP contribution in [0.15, 0.2) is 36.4 Å². The van der Waals surface area contributed by atoms with Gasteiger partial charge in [-0.1, -0.05) is 43.5 Å². The Hall–Kier alpha value is -2.34. The topological polar surface area (TPSA) is 83.8 Å². The SMILES string of the molecule is Cc1ccc(C(=O)C(C)(C)O)cc1COCc1cc(C(=O)C2(O)CCCCC2)ccc1C. The van der Waals surface area contributed by atoms with Gasteiger partial charge >= 0.3 is 0 Å². The van der Waals surface area contributed by atoms with E-state index in [-0.39, 0.29) is 11.6 Å². The Morgan fingerprint density at radius 1 is 0.906 bits per heavy atom. The molecule has 0 radical (unpaired) electrons. The van der Waals surface area contributed by atoms with E-state index < -0.39 is 11.2 Å². The van der Waals surface area contributed by atoms with Crippen molar-refractivity contribution in [2.45, 2.75) is 84.2 Å². The van der Waals surface area contributed by atoms with Crippen LogP contribution >= 0.6 is 0 Å². The minimum absolute atomic E-state index is 0.202. The molecule has 0 atom stereocenters. The monoisotopic (exact) mass is 438 g/mol. The number of carbonyl (C=O) groups excluding carboxylic acids is 2. The second-order valence-electron chi connectivity index (χ2n) is 9.58. The first-order chi connectivity index (χ1) is 15.0. The zero-order chi connectivity index (χ0) is 23.5. The minimum atomic E-state index is -1.43. The third kappa shape index (κ3) is 5.52. The minimum Gasteiger partial charge on any atom is -0.382 e. The molecule has 1 saturated carbocycles. The number of hydrogen-bond acceptors (Lipinski definition) is 5. The summed E-state index contributed by atoms with van der Waals surface area (Å²) in [5.41, 5.74) is 2.07. The van der Waals surface area contributed by atoms with E-state index >= 15 is 0 Å². The van der Waals surface area contributed by atoms with Crippen LogP contribution in [0.1, 0.15) is 88.9 Å². The molecular weight excluding hydrogens is 404 g/mol. The quantitative estimate of drug-likeness (QED) is 0.576. The summed E-state index contributed by atoms with van der Waals surface area (Å²) < 4.78 is 5.95. The predicted octanol–water partition coefficient (Wildman–Crippen LogP) is 4.85. The van der Waals surface area contributed by atoms with Gasteiger partial charge in [0, 0.05) is 11.1 Å². The molecule has 0 unspecified atom stereocenters.